The zero-order chi connectivity index (χ0) is 12.5. The summed E-state index contributed by atoms with van der Waals surface area (Å²) in [5.74, 6) is 0.339. The van der Waals surface area contributed by atoms with E-state index in [-0.39, 0.29) is 5.88 Å². The van der Waals surface area contributed by atoms with Gasteiger partial charge >= 0.3 is 5.88 Å². The van der Waals surface area contributed by atoms with Gasteiger partial charge in [0.1, 0.15) is 10.7 Å². The molecular formula is C11H18N2O4. The maximum absolute atomic E-state index is 10.4. The van der Waals surface area contributed by atoms with Crippen molar-refractivity contribution >= 4 is 5.88 Å². The molecule has 6 heteroatoms. The first-order valence-corrected chi connectivity index (χ1v) is 5.75. The van der Waals surface area contributed by atoms with Crippen LogP contribution in [-0.4, -0.2) is 24.7 Å². The maximum Gasteiger partial charge on any atom is 0.433 e. The van der Waals surface area contributed by atoms with Gasteiger partial charge in [-0.1, -0.05) is 13.3 Å². The van der Waals surface area contributed by atoms with E-state index < -0.39 is 4.92 Å². The Kier molecular flexibility index (Phi) is 6.27. The molecule has 0 fully saturated rings. The zero-order valence-electron chi connectivity index (χ0n) is 9.98. The molecule has 0 radical (unpaired) electrons. The molecule has 0 bridgehead atoms. The molecule has 0 atom stereocenters. The Balaban J connectivity index is 2.07. The number of rotatable bonds is 9. The number of hydrogen-bond acceptors (Lipinski definition) is 5. The van der Waals surface area contributed by atoms with Gasteiger partial charge in [-0.25, -0.2) is 0 Å². The monoisotopic (exact) mass is 242 g/mol. The van der Waals surface area contributed by atoms with E-state index in [1.165, 1.54) is 6.07 Å². The molecule has 0 aliphatic carbocycles. The molecule has 0 saturated carbocycles. The Morgan fingerprint density at radius 3 is 2.94 bits per heavy atom. The van der Waals surface area contributed by atoms with E-state index >= 15 is 0 Å². The minimum atomic E-state index is -0.544. The topological polar surface area (TPSA) is 77.5 Å². The predicted molar refractivity (Wildman–Crippen MR) is 62.8 cm³/mol. The van der Waals surface area contributed by atoms with Crippen molar-refractivity contribution in [1.29, 1.82) is 0 Å². The summed E-state index contributed by atoms with van der Waals surface area (Å²) in [6.45, 7) is 4.72. The summed E-state index contributed by atoms with van der Waals surface area (Å²) in [7, 11) is 0. The summed E-state index contributed by atoms with van der Waals surface area (Å²) in [5, 5.41) is 13.5. The van der Waals surface area contributed by atoms with Gasteiger partial charge in [-0.3, -0.25) is 10.1 Å². The van der Waals surface area contributed by atoms with Gasteiger partial charge in [0.05, 0.1) is 19.2 Å². The average Bonchev–Trinajstić information content (AvgIpc) is 2.77. The zero-order valence-corrected chi connectivity index (χ0v) is 9.98. The predicted octanol–water partition coefficient (Wildman–Crippen LogP) is 2.09. The highest BCUT2D eigenvalue weighted by Gasteiger charge is 2.10. The van der Waals surface area contributed by atoms with Crippen LogP contribution in [-0.2, 0) is 11.3 Å². The highest BCUT2D eigenvalue weighted by molar-refractivity contribution is 5.17. The van der Waals surface area contributed by atoms with Gasteiger partial charge in [0.25, 0.3) is 0 Å². The molecule has 96 valence electrons. The van der Waals surface area contributed by atoms with E-state index in [0.717, 1.165) is 19.4 Å². The first-order valence-electron chi connectivity index (χ1n) is 5.75. The van der Waals surface area contributed by atoms with Crippen molar-refractivity contribution in [2.24, 2.45) is 0 Å². The van der Waals surface area contributed by atoms with E-state index in [1.54, 1.807) is 6.07 Å². The molecule has 0 aliphatic heterocycles. The molecule has 0 aliphatic rings. The van der Waals surface area contributed by atoms with Crippen molar-refractivity contribution in [3.8, 4) is 0 Å². The van der Waals surface area contributed by atoms with Crippen molar-refractivity contribution in [3.63, 3.8) is 0 Å². The van der Waals surface area contributed by atoms with Crippen LogP contribution in [0.2, 0.25) is 0 Å². The number of furan rings is 1. The lowest BCUT2D eigenvalue weighted by atomic mass is 10.4. The van der Waals surface area contributed by atoms with E-state index in [9.17, 15) is 10.1 Å². The summed E-state index contributed by atoms with van der Waals surface area (Å²) < 4.78 is 10.3. The minimum Gasteiger partial charge on any atom is -0.404 e. The first-order chi connectivity index (χ1) is 8.24. The van der Waals surface area contributed by atoms with Crippen LogP contribution in [0.15, 0.2) is 16.5 Å². The second-order valence-corrected chi connectivity index (χ2v) is 3.64. The molecule has 6 nitrogen and oxygen atoms in total. The van der Waals surface area contributed by atoms with Crippen LogP contribution in [0, 0.1) is 10.1 Å². The normalized spacial score (nSPS) is 10.6. The minimum absolute atomic E-state index is 0.221. The molecule has 0 saturated heterocycles. The Bertz CT molecular complexity index is 338. The fraction of sp³-hybridized carbons (Fsp3) is 0.636. The molecule has 0 unspecified atom stereocenters. The van der Waals surface area contributed by atoms with Crippen LogP contribution in [0.4, 0.5) is 5.88 Å². The third-order valence-corrected chi connectivity index (χ3v) is 2.19. The first kappa shape index (κ1) is 13.7. The SMILES string of the molecule is CCCCOCCNCc1ccc([N+](=O)[O-])o1. The number of nitrogens with one attached hydrogen (secondary N) is 1. The molecule has 1 N–H and O–H groups in total. The second kappa shape index (κ2) is 7.81. The number of unbranched alkanes of at least 4 members (excludes halogenated alkanes) is 1. The quantitative estimate of drug-likeness (QED) is 0.407. The fourth-order valence-electron chi connectivity index (χ4n) is 1.26. The number of hydrogen-bond donors (Lipinski definition) is 1. The fourth-order valence-corrected chi connectivity index (χ4v) is 1.26. The Morgan fingerprint density at radius 2 is 2.29 bits per heavy atom. The lowest BCUT2D eigenvalue weighted by molar-refractivity contribution is -0.402. The van der Waals surface area contributed by atoms with Gasteiger partial charge in [-0.15, -0.1) is 0 Å². The van der Waals surface area contributed by atoms with Crippen molar-refractivity contribution in [2.45, 2.75) is 26.3 Å². The summed E-state index contributed by atoms with van der Waals surface area (Å²) >= 11 is 0. The number of ether oxygens (including phenoxy) is 1. The summed E-state index contributed by atoms with van der Waals surface area (Å²) in [5.41, 5.74) is 0. The third-order valence-electron chi connectivity index (χ3n) is 2.19. The van der Waals surface area contributed by atoms with Crippen LogP contribution >= 0.6 is 0 Å². The van der Waals surface area contributed by atoms with E-state index in [1.807, 2.05) is 0 Å². The largest absolute Gasteiger partial charge is 0.433 e. The van der Waals surface area contributed by atoms with Gasteiger partial charge in [-0.05, 0) is 12.5 Å². The molecule has 1 aromatic heterocycles. The van der Waals surface area contributed by atoms with Gasteiger partial charge in [0.2, 0.25) is 0 Å². The summed E-state index contributed by atoms with van der Waals surface area (Å²) in [4.78, 5) is 9.82. The van der Waals surface area contributed by atoms with Crippen molar-refractivity contribution in [1.82, 2.24) is 5.32 Å². The Hall–Kier alpha value is -1.40. The molecule has 17 heavy (non-hydrogen) atoms. The Labute approximate surface area is 100 Å². The van der Waals surface area contributed by atoms with Gasteiger partial charge in [0.15, 0.2) is 0 Å². The maximum atomic E-state index is 10.4. The third kappa shape index (κ3) is 5.46. The Morgan fingerprint density at radius 1 is 1.47 bits per heavy atom. The number of nitrogens with zero attached hydrogens (tertiary/aromatic N) is 1. The number of nitro groups is 1. The van der Waals surface area contributed by atoms with Gasteiger partial charge in [0, 0.05) is 13.2 Å². The van der Waals surface area contributed by atoms with E-state index in [2.05, 4.69) is 12.2 Å². The summed E-state index contributed by atoms with van der Waals surface area (Å²) in [6.07, 6.45) is 2.20. The highest BCUT2D eigenvalue weighted by atomic mass is 16.6. The second-order valence-electron chi connectivity index (χ2n) is 3.64. The van der Waals surface area contributed by atoms with Crippen molar-refractivity contribution < 1.29 is 14.1 Å². The molecule has 1 heterocycles. The summed E-state index contributed by atoms with van der Waals surface area (Å²) in [6, 6.07) is 2.96. The van der Waals surface area contributed by atoms with Gasteiger partial charge < -0.3 is 14.5 Å². The van der Waals surface area contributed by atoms with Crippen molar-refractivity contribution in [3.05, 3.63) is 28.0 Å². The molecule has 0 aromatic carbocycles. The van der Waals surface area contributed by atoms with Crippen molar-refractivity contribution in [2.75, 3.05) is 19.8 Å². The molecule has 1 rings (SSSR count). The average molecular weight is 242 g/mol. The van der Waals surface area contributed by atoms with Crippen LogP contribution in [0.3, 0.4) is 0 Å². The standard InChI is InChI=1S/C11H18N2O4/c1-2-3-7-16-8-6-12-9-10-4-5-11(17-10)13(14)15/h4-5,12H,2-3,6-9H2,1H3. The van der Waals surface area contributed by atoms with Crippen LogP contribution in [0.1, 0.15) is 25.5 Å². The smallest absolute Gasteiger partial charge is 0.404 e. The van der Waals surface area contributed by atoms with Crippen LogP contribution in [0.5, 0.6) is 0 Å². The lowest BCUT2D eigenvalue weighted by Gasteiger charge is -2.03. The molecule has 0 spiro atoms. The molecular weight excluding hydrogens is 224 g/mol. The molecule has 1 aromatic rings. The highest BCUT2D eigenvalue weighted by Crippen LogP contribution is 2.14. The van der Waals surface area contributed by atoms with E-state index in [0.29, 0.717) is 25.5 Å². The van der Waals surface area contributed by atoms with Crippen LogP contribution in [0.25, 0.3) is 0 Å². The molecule has 0 amide bonds. The van der Waals surface area contributed by atoms with Gasteiger partial charge in [-0.2, -0.15) is 0 Å². The van der Waals surface area contributed by atoms with Crippen LogP contribution < -0.4 is 5.32 Å². The lowest BCUT2D eigenvalue weighted by Crippen LogP contribution is -2.19. The van der Waals surface area contributed by atoms with E-state index in [4.69, 9.17) is 9.15 Å².